The molecule has 0 fully saturated rings. The molecule has 0 aromatic heterocycles. The molecule has 0 bridgehead atoms. The third-order valence-electron chi connectivity index (χ3n) is 3.55. The normalized spacial score (nSPS) is 15.0. The fourth-order valence-electron chi connectivity index (χ4n) is 2.29. The molecule has 2 nitrogen and oxygen atoms in total. The molecule has 0 saturated heterocycles. The fourth-order valence-corrected chi connectivity index (χ4v) is 2.29. The van der Waals surface area contributed by atoms with Crippen LogP contribution in [0, 0.1) is 5.92 Å². The number of unbranched alkanes of at least 4 members (excludes halogenated alkanes) is 3. The van der Waals surface area contributed by atoms with Gasteiger partial charge in [-0.3, -0.25) is 11.3 Å². The van der Waals surface area contributed by atoms with E-state index in [1.807, 2.05) is 0 Å². The van der Waals surface area contributed by atoms with Crippen LogP contribution in [-0.2, 0) is 0 Å². The highest BCUT2D eigenvalue weighted by molar-refractivity contribution is 4.69. The molecule has 16 heavy (non-hydrogen) atoms. The van der Waals surface area contributed by atoms with Gasteiger partial charge in [0.1, 0.15) is 0 Å². The van der Waals surface area contributed by atoms with E-state index in [9.17, 15) is 0 Å². The molecule has 0 heterocycles. The largest absolute Gasteiger partial charge is 0.271 e. The number of hydrogen-bond donors (Lipinski definition) is 2. The van der Waals surface area contributed by atoms with Crippen molar-refractivity contribution in [1.82, 2.24) is 5.43 Å². The van der Waals surface area contributed by atoms with E-state index in [4.69, 9.17) is 5.84 Å². The molecule has 2 heteroatoms. The lowest BCUT2D eigenvalue weighted by molar-refractivity contribution is 0.334. The zero-order chi connectivity index (χ0) is 12.2. The van der Waals surface area contributed by atoms with Crippen LogP contribution in [0.25, 0.3) is 0 Å². The number of nitrogens with one attached hydrogen (secondary N) is 1. The zero-order valence-electron chi connectivity index (χ0n) is 11.6. The van der Waals surface area contributed by atoms with E-state index in [2.05, 4.69) is 26.2 Å². The van der Waals surface area contributed by atoms with Crippen molar-refractivity contribution in [2.45, 2.75) is 84.6 Å². The summed E-state index contributed by atoms with van der Waals surface area (Å²) in [4.78, 5) is 0. The number of rotatable bonds is 11. The molecule has 3 N–H and O–H groups in total. The molecule has 0 aliphatic rings. The summed E-state index contributed by atoms with van der Waals surface area (Å²) in [5.41, 5.74) is 3.00. The Hall–Kier alpha value is -0.0800. The molecule has 2 unspecified atom stereocenters. The standard InChI is InChI=1S/C14H32N2/c1-4-7-9-11-14(16-15)12-13(6-3)10-8-5-2/h13-14,16H,4-12,15H2,1-3H3. The van der Waals surface area contributed by atoms with Crippen molar-refractivity contribution >= 4 is 0 Å². The van der Waals surface area contributed by atoms with E-state index >= 15 is 0 Å². The summed E-state index contributed by atoms with van der Waals surface area (Å²) in [5.74, 6) is 6.50. The van der Waals surface area contributed by atoms with Crippen LogP contribution in [0.15, 0.2) is 0 Å². The molecule has 98 valence electrons. The Bertz CT molecular complexity index is 137. The molecule has 0 aliphatic carbocycles. The van der Waals surface area contributed by atoms with Gasteiger partial charge in [0.25, 0.3) is 0 Å². The summed E-state index contributed by atoms with van der Waals surface area (Å²) in [6.07, 6.45) is 11.8. The van der Waals surface area contributed by atoms with Gasteiger partial charge in [-0.2, -0.15) is 0 Å². The van der Waals surface area contributed by atoms with Crippen LogP contribution in [-0.4, -0.2) is 6.04 Å². The average molecular weight is 228 g/mol. The highest BCUT2D eigenvalue weighted by Crippen LogP contribution is 2.20. The third-order valence-corrected chi connectivity index (χ3v) is 3.55. The van der Waals surface area contributed by atoms with Crippen molar-refractivity contribution < 1.29 is 0 Å². The summed E-state index contributed by atoms with van der Waals surface area (Å²) >= 11 is 0. The van der Waals surface area contributed by atoms with Gasteiger partial charge in [0.15, 0.2) is 0 Å². The Morgan fingerprint density at radius 2 is 1.62 bits per heavy atom. The molecule has 0 rings (SSSR count). The predicted octanol–water partition coefficient (Wildman–Crippen LogP) is 4.01. The Morgan fingerprint density at radius 1 is 0.938 bits per heavy atom. The van der Waals surface area contributed by atoms with Crippen molar-refractivity contribution in [3.05, 3.63) is 0 Å². The van der Waals surface area contributed by atoms with E-state index < -0.39 is 0 Å². The van der Waals surface area contributed by atoms with Gasteiger partial charge in [-0.05, 0) is 18.8 Å². The van der Waals surface area contributed by atoms with E-state index in [0.717, 1.165) is 5.92 Å². The van der Waals surface area contributed by atoms with Crippen molar-refractivity contribution in [2.75, 3.05) is 0 Å². The second-order valence-electron chi connectivity index (χ2n) is 5.01. The lowest BCUT2D eigenvalue weighted by atomic mass is 9.90. The summed E-state index contributed by atoms with van der Waals surface area (Å²) in [6.45, 7) is 6.83. The lowest BCUT2D eigenvalue weighted by Crippen LogP contribution is -2.36. The first-order valence-corrected chi connectivity index (χ1v) is 7.24. The summed E-state index contributed by atoms with van der Waals surface area (Å²) in [6, 6.07) is 0.536. The number of nitrogens with two attached hydrogens (primary N) is 1. The SMILES string of the molecule is CCCCCC(CC(CC)CCCC)NN. The Morgan fingerprint density at radius 3 is 2.12 bits per heavy atom. The van der Waals surface area contributed by atoms with Gasteiger partial charge in [0.2, 0.25) is 0 Å². The fraction of sp³-hybridized carbons (Fsp3) is 1.00. The molecule has 0 amide bonds. The summed E-state index contributed by atoms with van der Waals surface area (Å²) < 4.78 is 0. The van der Waals surface area contributed by atoms with Crippen molar-refractivity contribution in [3.63, 3.8) is 0 Å². The van der Waals surface area contributed by atoms with Gasteiger partial charge in [0, 0.05) is 6.04 Å². The second kappa shape index (κ2) is 11.4. The quantitative estimate of drug-likeness (QED) is 0.318. The van der Waals surface area contributed by atoms with Crippen LogP contribution in [0.3, 0.4) is 0 Å². The van der Waals surface area contributed by atoms with Crippen LogP contribution in [0.2, 0.25) is 0 Å². The maximum absolute atomic E-state index is 5.64. The Labute approximate surface area is 102 Å². The van der Waals surface area contributed by atoms with E-state index in [1.165, 1.54) is 57.8 Å². The Balaban J connectivity index is 3.77. The molecule has 0 saturated carbocycles. The minimum absolute atomic E-state index is 0.536. The first-order chi connectivity index (χ1) is 7.78. The molecule has 0 radical (unpaired) electrons. The van der Waals surface area contributed by atoms with Crippen molar-refractivity contribution in [2.24, 2.45) is 11.8 Å². The van der Waals surface area contributed by atoms with Gasteiger partial charge in [-0.25, -0.2) is 0 Å². The summed E-state index contributed by atoms with van der Waals surface area (Å²) in [5, 5.41) is 0. The number of hydrogen-bond acceptors (Lipinski definition) is 2. The van der Waals surface area contributed by atoms with Crippen molar-refractivity contribution in [1.29, 1.82) is 0 Å². The second-order valence-corrected chi connectivity index (χ2v) is 5.01. The van der Waals surface area contributed by atoms with Gasteiger partial charge in [0.05, 0.1) is 0 Å². The van der Waals surface area contributed by atoms with Crippen molar-refractivity contribution in [3.8, 4) is 0 Å². The first-order valence-electron chi connectivity index (χ1n) is 7.24. The molecule has 0 aromatic rings. The van der Waals surface area contributed by atoms with Crippen LogP contribution in [0.4, 0.5) is 0 Å². The van der Waals surface area contributed by atoms with Gasteiger partial charge < -0.3 is 0 Å². The van der Waals surface area contributed by atoms with Crippen LogP contribution >= 0.6 is 0 Å². The third kappa shape index (κ3) is 8.12. The van der Waals surface area contributed by atoms with E-state index in [0.29, 0.717) is 6.04 Å². The maximum atomic E-state index is 5.64. The first kappa shape index (κ1) is 15.9. The average Bonchev–Trinajstić information content (AvgIpc) is 2.32. The predicted molar refractivity (Wildman–Crippen MR) is 73.2 cm³/mol. The van der Waals surface area contributed by atoms with Crippen LogP contribution in [0.1, 0.15) is 78.6 Å². The van der Waals surface area contributed by atoms with Gasteiger partial charge in [-0.1, -0.05) is 65.7 Å². The molecule has 0 spiro atoms. The van der Waals surface area contributed by atoms with Crippen LogP contribution in [0.5, 0.6) is 0 Å². The van der Waals surface area contributed by atoms with E-state index in [1.54, 1.807) is 0 Å². The summed E-state index contributed by atoms with van der Waals surface area (Å²) in [7, 11) is 0. The molecule has 0 aliphatic heterocycles. The highest BCUT2D eigenvalue weighted by Gasteiger charge is 2.13. The molecule has 2 atom stereocenters. The maximum Gasteiger partial charge on any atom is 0.0213 e. The topological polar surface area (TPSA) is 38.0 Å². The van der Waals surface area contributed by atoms with Crippen LogP contribution < -0.4 is 11.3 Å². The Kier molecular flexibility index (Phi) is 11.3. The zero-order valence-corrected chi connectivity index (χ0v) is 11.6. The molecular formula is C14H32N2. The molecule has 0 aromatic carbocycles. The highest BCUT2D eigenvalue weighted by atomic mass is 15.2. The minimum atomic E-state index is 0.536. The minimum Gasteiger partial charge on any atom is -0.271 e. The smallest absolute Gasteiger partial charge is 0.0213 e. The van der Waals surface area contributed by atoms with E-state index in [-0.39, 0.29) is 0 Å². The number of hydrazine groups is 1. The van der Waals surface area contributed by atoms with Gasteiger partial charge >= 0.3 is 0 Å². The lowest BCUT2D eigenvalue weighted by Gasteiger charge is -2.22. The molecular weight excluding hydrogens is 196 g/mol. The monoisotopic (exact) mass is 228 g/mol. The van der Waals surface area contributed by atoms with Gasteiger partial charge in [-0.15, -0.1) is 0 Å².